The fraction of sp³-hybridized carbons (Fsp3) is 0.409. The molecule has 1 aliphatic heterocycles. The number of benzene rings is 2. The largest absolute Gasteiger partial charge is 0.368 e. The van der Waals surface area contributed by atoms with E-state index in [1.165, 1.54) is 11.3 Å². The van der Waals surface area contributed by atoms with Crippen LogP contribution in [0.4, 0.5) is 5.69 Å². The van der Waals surface area contributed by atoms with E-state index < -0.39 is 0 Å². The van der Waals surface area contributed by atoms with Gasteiger partial charge in [0.15, 0.2) is 0 Å². The summed E-state index contributed by atoms with van der Waals surface area (Å²) in [5.74, 6) is 0.351. The molecule has 0 radical (unpaired) electrons. The molecule has 0 N–H and O–H groups in total. The van der Waals surface area contributed by atoms with Crippen LogP contribution in [0, 0.1) is 0 Å². The van der Waals surface area contributed by atoms with Gasteiger partial charge in [-0.05, 0) is 30.5 Å². The number of para-hydroxylation sites is 1. The van der Waals surface area contributed by atoms with Crippen molar-refractivity contribution in [1.82, 2.24) is 4.90 Å². The second-order valence-corrected chi connectivity index (χ2v) is 7.27. The predicted octanol–water partition coefficient (Wildman–Crippen LogP) is 3.85. The highest BCUT2D eigenvalue weighted by Gasteiger charge is 2.45. The molecule has 1 amide bonds. The Morgan fingerprint density at radius 2 is 1.32 bits per heavy atom. The molecule has 3 heteroatoms. The summed E-state index contributed by atoms with van der Waals surface area (Å²) in [4.78, 5) is 18.0. The summed E-state index contributed by atoms with van der Waals surface area (Å²) in [5, 5.41) is 0. The molecular formula is C22H26N2O. The van der Waals surface area contributed by atoms with Crippen LogP contribution in [-0.4, -0.2) is 37.0 Å². The quantitative estimate of drug-likeness (QED) is 0.851. The van der Waals surface area contributed by atoms with E-state index in [4.69, 9.17) is 0 Å². The van der Waals surface area contributed by atoms with E-state index in [1.807, 2.05) is 12.1 Å². The molecule has 0 aromatic heterocycles. The van der Waals surface area contributed by atoms with Crippen molar-refractivity contribution in [3.63, 3.8) is 0 Å². The minimum absolute atomic E-state index is 0.282. The Balaban J connectivity index is 1.49. The Morgan fingerprint density at radius 3 is 1.92 bits per heavy atom. The van der Waals surface area contributed by atoms with E-state index in [2.05, 4.69) is 58.3 Å². The molecule has 130 valence electrons. The van der Waals surface area contributed by atoms with Gasteiger partial charge in [0, 0.05) is 31.9 Å². The van der Waals surface area contributed by atoms with Gasteiger partial charge in [-0.15, -0.1) is 0 Å². The zero-order valence-electron chi connectivity index (χ0n) is 14.7. The van der Waals surface area contributed by atoms with Gasteiger partial charge in [0.1, 0.15) is 0 Å². The van der Waals surface area contributed by atoms with Crippen molar-refractivity contribution in [2.75, 3.05) is 31.1 Å². The second kappa shape index (κ2) is 6.91. The molecule has 4 rings (SSSR count). The van der Waals surface area contributed by atoms with Gasteiger partial charge in [0.25, 0.3) is 0 Å². The molecular weight excluding hydrogens is 308 g/mol. The average molecular weight is 334 g/mol. The third-order valence-corrected chi connectivity index (χ3v) is 5.88. The lowest BCUT2D eigenvalue weighted by atomic mass is 9.77. The molecule has 0 unspecified atom stereocenters. The number of rotatable bonds is 3. The van der Waals surface area contributed by atoms with Crippen molar-refractivity contribution in [2.24, 2.45) is 0 Å². The molecule has 1 aliphatic carbocycles. The van der Waals surface area contributed by atoms with Gasteiger partial charge >= 0.3 is 0 Å². The minimum atomic E-state index is -0.282. The topological polar surface area (TPSA) is 23.6 Å². The molecule has 1 heterocycles. The van der Waals surface area contributed by atoms with Crippen molar-refractivity contribution in [1.29, 1.82) is 0 Å². The van der Waals surface area contributed by atoms with Crippen molar-refractivity contribution >= 4 is 11.6 Å². The van der Waals surface area contributed by atoms with E-state index >= 15 is 0 Å². The maximum atomic E-state index is 13.5. The molecule has 2 aromatic rings. The second-order valence-electron chi connectivity index (χ2n) is 7.27. The SMILES string of the molecule is O=C(N1CCN(c2ccccc2)CC1)C1(c2ccccc2)CCCC1. The van der Waals surface area contributed by atoms with Crippen LogP contribution in [0.15, 0.2) is 60.7 Å². The molecule has 0 atom stereocenters. The zero-order chi connectivity index (χ0) is 17.1. The summed E-state index contributed by atoms with van der Waals surface area (Å²) >= 11 is 0. The Labute approximate surface area is 150 Å². The van der Waals surface area contributed by atoms with Crippen molar-refractivity contribution < 1.29 is 4.79 Å². The fourth-order valence-electron chi connectivity index (χ4n) is 4.47. The first-order valence-corrected chi connectivity index (χ1v) is 9.44. The summed E-state index contributed by atoms with van der Waals surface area (Å²) in [6.45, 7) is 3.48. The first kappa shape index (κ1) is 16.2. The number of amides is 1. The standard InChI is InChI=1S/C22H26N2O/c25-21(22(13-7-8-14-22)19-9-3-1-4-10-19)24-17-15-23(16-18-24)20-11-5-2-6-12-20/h1-6,9-12H,7-8,13-18H2. The molecule has 1 saturated heterocycles. The smallest absolute Gasteiger partial charge is 0.233 e. The molecule has 1 saturated carbocycles. The summed E-state index contributed by atoms with van der Waals surface area (Å²) < 4.78 is 0. The highest BCUT2D eigenvalue weighted by atomic mass is 16.2. The fourth-order valence-corrected chi connectivity index (χ4v) is 4.47. The Kier molecular flexibility index (Phi) is 4.48. The van der Waals surface area contributed by atoms with Gasteiger partial charge < -0.3 is 9.80 Å². The van der Waals surface area contributed by atoms with E-state index in [0.29, 0.717) is 5.91 Å². The summed E-state index contributed by atoms with van der Waals surface area (Å²) in [6, 6.07) is 21.0. The van der Waals surface area contributed by atoms with Crippen molar-refractivity contribution in [3.8, 4) is 0 Å². The Morgan fingerprint density at radius 1 is 0.760 bits per heavy atom. The lowest BCUT2D eigenvalue weighted by Gasteiger charge is -2.40. The number of carbonyl (C=O) groups is 1. The van der Waals surface area contributed by atoms with Gasteiger partial charge in [-0.1, -0.05) is 61.4 Å². The number of hydrogen-bond acceptors (Lipinski definition) is 2. The molecule has 0 spiro atoms. The van der Waals surface area contributed by atoms with Crippen molar-refractivity contribution in [3.05, 3.63) is 66.2 Å². The van der Waals surface area contributed by atoms with Gasteiger partial charge in [-0.25, -0.2) is 0 Å². The van der Waals surface area contributed by atoms with E-state index in [0.717, 1.165) is 51.9 Å². The van der Waals surface area contributed by atoms with Crippen molar-refractivity contribution in [2.45, 2.75) is 31.1 Å². The average Bonchev–Trinajstić information content (AvgIpc) is 3.20. The third kappa shape index (κ3) is 3.04. The molecule has 2 aromatic carbocycles. The van der Waals surface area contributed by atoms with Gasteiger partial charge in [-0.3, -0.25) is 4.79 Å². The highest BCUT2D eigenvalue weighted by Crippen LogP contribution is 2.42. The lowest BCUT2D eigenvalue weighted by Crippen LogP contribution is -2.54. The molecule has 0 bridgehead atoms. The number of hydrogen-bond donors (Lipinski definition) is 0. The minimum Gasteiger partial charge on any atom is -0.368 e. The van der Waals surface area contributed by atoms with Crippen LogP contribution in [0.5, 0.6) is 0 Å². The van der Waals surface area contributed by atoms with Gasteiger partial charge in [0.05, 0.1) is 5.41 Å². The Bertz CT molecular complexity index is 699. The predicted molar refractivity (Wildman–Crippen MR) is 102 cm³/mol. The van der Waals surface area contributed by atoms with Crippen LogP contribution in [0.2, 0.25) is 0 Å². The lowest BCUT2D eigenvalue weighted by molar-refractivity contribution is -0.137. The summed E-state index contributed by atoms with van der Waals surface area (Å²) in [6.07, 6.45) is 4.30. The van der Waals surface area contributed by atoms with Gasteiger partial charge in [0.2, 0.25) is 5.91 Å². The number of nitrogens with zero attached hydrogens (tertiary/aromatic N) is 2. The molecule has 3 nitrogen and oxygen atoms in total. The Hall–Kier alpha value is -2.29. The highest BCUT2D eigenvalue weighted by molar-refractivity contribution is 5.89. The van der Waals surface area contributed by atoms with Crippen LogP contribution in [-0.2, 0) is 10.2 Å². The zero-order valence-corrected chi connectivity index (χ0v) is 14.7. The van der Waals surface area contributed by atoms with Gasteiger partial charge in [-0.2, -0.15) is 0 Å². The van der Waals surface area contributed by atoms with Crippen LogP contribution in [0.25, 0.3) is 0 Å². The van der Waals surface area contributed by atoms with Crippen LogP contribution in [0.3, 0.4) is 0 Å². The molecule has 2 fully saturated rings. The number of carbonyl (C=O) groups excluding carboxylic acids is 1. The van der Waals surface area contributed by atoms with Crippen LogP contribution < -0.4 is 4.90 Å². The molecule has 2 aliphatic rings. The number of anilines is 1. The first-order valence-electron chi connectivity index (χ1n) is 9.44. The van der Waals surface area contributed by atoms with Crippen LogP contribution in [0.1, 0.15) is 31.2 Å². The van der Waals surface area contributed by atoms with E-state index in [1.54, 1.807) is 0 Å². The molecule has 25 heavy (non-hydrogen) atoms. The maximum Gasteiger partial charge on any atom is 0.233 e. The summed E-state index contributed by atoms with van der Waals surface area (Å²) in [7, 11) is 0. The summed E-state index contributed by atoms with van der Waals surface area (Å²) in [5.41, 5.74) is 2.19. The number of piperazine rings is 1. The normalized spacial score (nSPS) is 19.8. The third-order valence-electron chi connectivity index (χ3n) is 5.88. The van der Waals surface area contributed by atoms with E-state index in [-0.39, 0.29) is 5.41 Å². The first-order chi connectivity index (χ1) is 12.3. The maximum absolute atomic E-state index is 13.5. The monoisotopic (exact) mass is 334 g/mol. The van der Waals surface area contributed by atoms with E-state index in [9.17, 15) is 4.79 Å². The van der Waals surface area contributed by atoms with Crippen LogP contribution >= 0.6 is 0 Å².